The zero-order valence-electron chi connectivity index (χ0n) is 24.2. The van der Waals surface area contributed by atoms with Crippen molar-refractivity contribution in [3.8, 4) is 5.75 Å². The summed E-state index contributed by atoms with van der Waals surface area (Å²) >= 11 is 3.85. The molecule has 0 bridgehead atoms. The van der Waals surface area contributed by atoms with Crippen molar-refractivity contribution in [2.75, 3.05) is 0 Å². The van der Waals surface area contributed by atoms with Gasteiger partial charge in [-0.05, 0) is 66.1 Å². The second-order valence-corrected chi connectivity index (χ2v) is 18.1. The van der Waals surface area contributed by atoms with Crippen LogP contribution in [0, 0.1) is 23.2 Å². The third-order valence-electron chi connectivity index (χ3n) is 6.29. The average Bonchev–Trinajstić information content (AvgIpc) is 2.58. The first-order valence-corrected chi connectivity index (χ1v) is 14.2. The van der Waals surface area contributed by atoms with Crippen molar-refractivity contribution in [3.05, 3.63) is 52.3 Å². The first kappa shape index (κ1) is 29.4. The van der Waals surface area contributed by atoms with Crippen LogP contribution >= 0.6 is 23.5 Å². The summed E-state index contributed by atoms with van der Waals surface area (Å²) in [6, 6.07) is 4.41. The molecule has 2 rings (SSSR count). The number of phenols is 1. The molecule has 0 saturated heterocycles. The fourth-order valence-electron chi connectivity index (χ4n) is 4.10. The molecular weight excluding hydrogens is 452 g/mol. The number of phenolic OH excluding ortho intramolecular Hbond substituents is 1. The largest absolute Gasteiger partial charge is 0.507 e. The Balaban J connectivity index is 2.46. The lowest BCUT2D eigenvalue weighted by atomic mass is 9.70. The second kappa shape index (κ2) is 9.58. The van der Waals surface area contributed by atoms with E-state index in [0.29, 0.717) is 11.7 Å². The molecule has 1 aliphatic rings. The highest BCUT2D eigenvalue weighted by molar-refractivity contribution is 8.20. The van der Waals surface area contributed by atoms with Crippen LogP contribution in [0.5, 0.6) is 5.75 Å². The minimum absolute atomic E-state index is 0.0631. The van der Waals surface area contributed by atoms with E-state index in [-0.39, 0.29) is 25.7 Å². The molecule has 0 heterocycles. The van der Waals surface area contributed by atoms with E-state index >= 15 is 0 Å². The Labute approximate surface area is 219 Å². The van der Waals surface area contributed by atoms with Gasteiger partial charge in [-0.25, -0.2) is 0 Å². The maximum Gasteiger partial charge on any atom is 0.123 e. The molecular formula is C31H49OS2. The van der Waals surface area contributed by atoms with Gasteiger partial charge in [0.25, 0.3) is 0 Å². The zero-order valence-corrected chi connectivity index (χ0v) is 25.9. The summed E-state index contributed by atoms with van der Waals surface area (Å²) in [7, 11) is 0. The summed E-state index contributed by atoms with van der Waals surface area (Å²) in [5.74, 6) is 0.870. The highest BCUT2D eigenvalue weighted by Crippen LogP contribution is 2.51. The lowest BCUT2D eigenvalue weighted by Gasteiger charge is -2.37. The molecule has 3 heteroatoms. The Kier molecular flexibility index (Phi) is 8.29. The van der Waals surface area contributed by atoms with Crippen LogP contribution in [0.1, 0.15) is 108 Å². The molecule has 191 valence electrons. The predicted octanol–water partition coefficient (Wildman–Crippen LogP) is 10.3. The molecule has 34 heavy (non-hydrogen) atoms. The van der Waals surface area contributed by atoms with Gasteiger partial charge < -0.3 is 5.11 Å². The highest BCUT2D eigenvalue weighted by Gasteiger charge is 2.33. The molecule has 1 nitrogen and oxygen atoms in total. The molecule has 1 aromatic rings. The van der Waals surface area contributed by atoms with Crippen LogP contribution in [0.25, 0.3) is 0 Å². The van der Waals surface area contributed by atoms with Gasteiger partial charge in [0.15, 0.2) is 0 Å². The van der Waals surface area contributed by atoms with E-state index in [9.17, 15) is 5.11 Å². The van der Waals surface area contributed by atoms with E-state index in [1.165, 1.54) is 15.4 Å². The summed E-state index contributed by atoms with van der Waals surface area (Å²) in [5, 5.41) is 11.1. The normalized spacial score (nSPS) is 18.6. The summed E-state index contributed by atoms with van der Waals surface area (Å²) < 4.78 is -0.0631. The molecule has 1 unspecified atom stereocenters. The minimum atomic E-state index is -0.121. The summed E-state index contributed by atoms with van der Waals surface area (Å²) in [4.78, 5) is 2.58. The van der Waals surface area contributed by atoms with Crippen molar-refractivity contribution in [3.63, 3.8) is 0 Å². The van der Waals surface area contributed by atoms with Gasteiger partial charge in [-0.3, -0.25) is 0 Å². The Hall–Kier alpha value is -0.800. The van der Waals surface area contributed by atoms with Crippen molar-refractivity contribution in [1.29, 1.82) is 0 Å². The van der Waals surface area contributed by atoms with Crippen molar-refractivity contribution >= 4 is 23.5 Å². The molecule has 0 spiro atoms. The third kappa shape index (κ3) is 7.60. The molecule has 0 aliphatic heterocycles. The van der Waals surface area contributed by atoms with Crippen molar-refractivity contribution in [1.82, 2.24) is 0 Å². The number of benzene rings is 1. The van der Waals surface area contributed by atoms with Gasteiger partial charge in [0, 0.05) is 20.9 Å². The van der Waals surface area contributed by atoms with Crippen molar-refractivity contribution in [2.45, 2.75) is 117 Å². The van der Waals surface area contributed by atoms with Crippen LogP contribution < -0.4 is 0 Å². The van der Waals surface area contributed by atoms with Crippen molar-refractivity contribution in [2.24, 2.45) is 16.7 Å². The highest BCUT2D eigenvalue weighted by atomic mass is 32.2. The second-order valence-electron chi connectivity index (χ2n) is 14.4. The van der Waals surface area contributed by atoms with Crippen LogP contribution in [-0.4, -0.2) is 9.19 Å². The maximum atomic E-state index is 11.1. The fraction of sp³-hybridized carbons (Fsp3) is 0.645. The number of thioether (sulfide) groups is 2. The Morgan fingerprint density at radius 2 is 1.15 bits per heavy atom. The number of allylic oxidation sites excluding steroid dienone is 3. The van der Waals surface area contributed by atoms with Crippen LogP contribution in [0.2, 0.25) is 0 Å². The molecule has 1 N–H and O–H groups in total. The third-order valence-corrected chi connectivity index (χ3v) is 8.74. The van der Waals surface area contributed by atoms with Gasteiger partial charge in [-0.2, -0.15) is 0 Å². The lowest BCUT2D eigenvalue weighted by Crippen LogP contribution is -2.26. The smallest absolute Gasteiger partial charge is 0.123 e. The van der Waals surface area contributed by atoms with Crippen LogP contribution in [0.4, 0.5) is 0 Å². The monoisotopic (exact) mass is 501 g/mol. The molecule has 0 saturated carbocycles. The molecule has 1 atom stereocenters. The predicted molar refractivity (Wildman–Crippen MR) is 156 cm³/mol. The van der Waals surface area contributed by atoms with Crippen LogP contribution in [0.15, 0.2) is 39.7 Å². The van der Waals surface area contributed by atoms with E-state index in [4.69, 9.17) is 0 Å². The summed E-state index contributed by atoms with van der Waals surface area (Å²) in [5.41, 5.74) is 3.55. The standard InChI is InChI=1S/C31H49OS2/c1-27(2,3)20-15-21(28(4,5)6)17-22(16-20)33-31(13,14)34-23-18-24(29(7,8)9)26(32)25(19-23)30(10,11)12/h15-20,32H,1-14H3. The molecule has 1 aliphatic carbocycles. The van der Waals surface area contributed by atoms with Gasteiger partial charge in [-0.15, -0.1) is 23.5 Å². The number of hydrogen-bond donors (Lipinski definition) is 1. The minimum Gasteiger partial charge on any atom is -0.507 e. The SMILES string of the molecule is CC(C)(SC1=CC(C(C)(C)C)[CH]C(C(C)(C)C)=C1)Sc1cc(C(C)(C)C)c(O)c(C(C)(C)C)c1. The fourth-order valence-corrected chi connectivity index (χ4v) is 6.73. The first-order valence-electron chi connectivity index (χ1n) is 12.6. The van der Waals surface area contributed by atoms with E-state index < -0.39 is 0 Å². The molecule has 0 amide bonds. The van der Waals surface area contributed by atoms with Crippen molar-refractivity contribution < 1.29 is 5.11 Å². The first-order chi connectivity index (χ1) is 15.0. The maximum absolute atomic E-state index is 11.1. The number of aromatic hydroxyl groups is 1. The summed E-state index contributed by atoms with van der Waals surface area (Å²) in [6.45, 7) is 31.6. The Bertz CT molecular complexity index is 916. The quantitative estimate of drug-likeness (QED) is 0.327. The topological polar surface area (TPSA) is 20.2 Å². The Morgan fingerprint density at radius 3 is 1.53 bits per heavy atom. The van der Waals surface area contributed by atoms with Crippen LogP contribution in [-0.2, 0) is 10.8 Å². The molecule has 1 radical (unpaired) electrons. The average molecular weight is 502 g/mol. The van der Waals surface area contributed by atoms with Gasteiger partial charge in [0.1, 0.15) is 5.75 Å². The molecule has 1 aromatic carbocycles. The summed E-state index contributed by atoms with van der Waals surface area (Å²) in [6.07, 6.45) is 7.32. The van der Waals surface area contributed by atoms with Gasteiger partial charge in [-0.1, -0.05) is 94.7 Å². The van der Waals surface area contributed by atoms with E-state index in [2.05, 4.69) is 128 Å². The number of rotatable bonds is 4. The zero-order chi connectivity index (χ0) is 26.5. The van der Waals surface area contributed by atoms with E-state index in [1.807, 2.05) is 23.5 Å². The van der Waals surface area contributed by atoms with Gasteiger partial charge in [0.05, 0.1) is 4.08 Å². The van der Waals surface area contributed by atoms with Gasteiger partial charge >= 0.3 is 0 Å². The lowest BCUT2D eigenvalue weighted by molar-refractivity contribution is 0.319. The van der Waals surface area contributed by atoms with Crippen LogP contribution in [0.3, 0.4) is 0 Å². The Morgan fingerprint density at radius 1 is 0.676 bits per heavy atom. The van der Waals surface area contributed by atoms with E-state index in [0.717, 1.165) is 11.1 Å². The van der Waals surface area contributed by atoms with Gasteiger partial charge in [0.2, 0.25) is 0 Å². The molecule has 0 aromatic heterocycles. The number of hydrogen-bond acceptors (Lipinski definition) is 3. The molecule has 0 fully saturated rings. The van der Waals surface area contributed by atoms with E-state index in [1.54, 1.807) is 0 Å².